The molecule has 2 heterocycles. The SMILES string of the molecule is CC1(C)CC(=O)c2cc(C(=O)NCc3ccnc(Oc4ccc(F)cc4)c3)c(=O)[nH]c2C1. The van der Waals surface area contributed by atoms with Crippen molar-refractivity contribution in [2.75, 3.05) is 0 Å². The smallest absolute Gasteiger partial charge is 0.261 e. The predicted molar refractivity (Wildman–Crippen MR) is 115 cm³/mol. The molecule has 3 aromatic rings. The third-order valence-electron chi connectivity index (χ3n) is 5.25. The van der Waals surface area contributed by atoms with Crippen molar-refractivity contribution in [1.82, 2.24) is 15.3 Å². The second-order valence-electron chi connectivity index (χ2n) is 8.59. The van der Waals surface area contributed by atoms with E-state index < -0.39 is 11.5 Å². The minimum atomic E-state index is -0.579. The number of nitrogens with one attached hydrogen (secondary N) is 2. The molecule has 0 bridgehead atoms. The predicted octanol–water partition coefficient (Wildman–Crippen LogP) is 3.79. The van der Waals surface area contributed by atoms with Crippen LogP contribution in [0.3, 0.4) is 0 Å². The Kier molecular flexibility index (Phi) is 5.61. The Bertz CT molecular complexity index is 1250. The third kappa shape index (κ3) is 4.74. The summed E-state index contributed by atoms with van der Waals surface area (Å²) in [5, 5.41) is 2.69. The molecular weight excluding hydrogens is 413 g/mol. The lowest BCUT2D eigenvalue weighted by atomic mass is 9.75. The molecule has 4 rings (SSSR count). The maximum atomic E-state index is 13.0. The van der Waals surface area contributed by atoms with Crippen molar-refractivity contribution in [2.24, 2.45) is 5.41 Å². The Morgan fingerprint density at radius 2 is 1.91 bits per heavy atom. The van der Waals surface area contributed by atoms with Gasteiger partial charge in [0.25, 0.3) is 11.5 Å². The molecule has 0 saturated carbocycles. The molecule has 0 fully saturated rings. The van der Waals surface area contributed by atoms with Crippen molar-refractivity contribution in [3.05, 3.63) is 87.2 Å². The van der Waals surface area contributed by atoms with E-state index in [0.717, 1.165) is 0 Å². The highest BCUT2D eigenvalue weighted by Crippen LogP contribution is 2.33. The normalized spacial score (nSPS) is 14.5. The maximum absolute atomic E-state index is 13.0. The lowest BCUT2D eigenvalue weighted by Gasteiger charge is -2.29. The largest absolute Gasteiger partial charge is 0.439 e. The summed E-state index contributed by atoms with van der Waals surface area (Å²) >= 11 is 0. The fraction of sp³-hybridized carbons (Fsp3) is 0.250. The van der Waals surface area contributed by atoms with Gasteiger partial charge in [-0.25, -0.2) is 9.37 Å². The number of aromatic nitrogens is 2. The van der Waals surface area contributed by atoms with Gasteiger partial charge >= 0.3 is 0 Å². The van der Waals surface area contributed by atoms with E-state index in [1.807, 2.05) is 13.8 Å². The monoisotopic (exact) mass is 435 g/mol. The molecule has 0 saturated heterocycles. The number of nitrogens with zero attached hydrogens (tertiary/aromatic N) is 1. The number of hydrogen-bond acceptors (Lipinski definition) is 5. The lowest BCUT2D eigenvalue weighted by molar-refractivity contribution is 0.0910. The van der Waals surface area contributed by atoms with E-state index in [2.05, 4.69) is 15.3 Å². The first-order valence-corrected chi connectivity index (χ1v) is 10.2. The Morgan fingerprint density at radius 1 is 1.16 bits per heavy atom. The highest BCUT2D eigenvalue weighted by Gasteiger charge is 2.32. The molecule has 0 aliphatic heterocycles. The number of carbonyl (C=O) groups is 2. The van der Waals surface area contributed by atoms with Gasteiger partial charge in [0.2, 0.25) is 5.88 Å². The molecule has 0 radical (unpaired) electrons. The van der Waals surface area contributed by atoms with Gasteiger partial charge in [-0.2, -0.15) is 0 Å². The maximum Gasteiger partial charge on any atom is 0.261 e. The average Bonchev–Trinajstić information content (AvgIpc) is 2.73. The van der Waals surface area contributed by atoms with Crippen LogP contribution in [0, 0.1) is 11.2 Å². The van der Waals surface area contributed by atoms with Gasteiger partial charge in [0.05, 0.1) is 0 Å². The van der Waals surface area contributed by atoms with E-state index in [1.54, 1.807) is 12.1 Å². The molecule has 164 valence electrons. The number of hydrogen-bond donors (Lipinski definition) is 2. The van der Waals surface area contributed by atoms with Gasteiger partial charge in [0, 0.05) is 36.5 Å². The van der Waals surface area contributed by atoms with Crippen LogP contribution < -0.4 is 15.6 Å². The number of halogens is 1. The number of ether oxygens (including phenoxy) is 1. The summed E-state index contributed by atoms with van der Waals surface area (Å²) in [5.74, 6) is -0.330. The first-order valence-electron chi connectivity index (χ1n) is 10.2. The summed E-state index contributed by atoms with van der Waals surface area (Å²) in [5.41, 5.74) is 0.803. The van der Waals surface area contributed by atoms with E-state index in [0.29, 0.717) is 35.4 Å². The summed E-state index contributed by atoms with van der Waals surface area (Å²) in [6.45, 7) is 4.06. The van der Waals surface area contributed by atoms with Crippen LogP contribution in [0.25, 0.3) is 0 Å². The minimum absolute atomic E-state index is 0.0849. The summed E-state index contributed by atoms with van der Waals surface area (Å²) in [6, 6.07) is 10.2. The number of amides is 1. The second-order valence-corrected chi connectivity index (χ2v) is 8.59. The van der Waals surface area contributed by atoms with Crippen LogP contribution in [0.2, 0.25) is 0 Å². The molecular formula is C24H22FN3O4. The van der Waals surface area contributed by atoms with Crippen LogP contribution in [-0.4, -0.2) is 21.7 Å². The summed E-state index contributed by atoms with van der Waals surface area (Å²) in [7, 11) is 0. The van der Waals surface area contributed by atoms with Crippen molar-refractivity contribution in [3.63, 3.8) is 0 Å². The molecule has 1 aliphatic carbocycles. The van der Waals surface area contributed by atoms with Gasteiger partial charge < -0.3 is 15.0 Å². The average molecular weight is 435 g/mol. The molecule has 2 N–H and O–H groups in total. The number of pyridine rings is 2. The molecule has 2 aromatic heterocycles. The van der Waals surface area contributed by atoms with Gasteiger partial charge in [0.15, 0.2) is 5.78 Å². The highest BCUT2D eigenvalue weighted by molar-refractivity contribution is 6.02. The Morgan fingerprint density at radius 3 is 2.66 bits per heavy atom. The fourth-order valence-corrected chi connectivity index (χ4v) is 3.71. The van der Waals surface area contributed by atoms with Gasteiger partial charge in [-0.05, 0) is 53.8 Å². The second kappa shape index (κ2) is 8.37. The van der Waals surface area contributed by atoms with Crippen LogP contribution in [-0.2, 0) is 13.0 Å². The van der Waals surface area contributed by atoms with Crippen LogP contribution in [0.1, 0.15) is 52.2 Å². The van der Waals surface area contributed by atoms with Gasteiger partial charge in [-0.3, -0.25) is 14.4 Å². The Balaban J connectivity index is 1.46. The summed E-state index contributed by atoms with van der Waals surface area (Å²) in [6.07, 6.45) is 2.45. The molecule has 1 amide bonds. The molecule has 0 unspecified atom stereocenters. The first kappa shape index (κ1) is 21.4. The number of benzene rings is 1. The molecule has 1 aromatic carbocycles. The number of H-pyrrole nitrogens is 1. The van der Waals surface area contributed by atoms with E-state index in [-0.39, 0.29) is 35.0 Å². The summed E-state index contributed by atoms with van der Waals surface area (Å²) in [4.78, 5) is 44.4. The number of carbonyl (C=O) groups excluding carboxylic acids is 2. The van der Waals surface area contributed by atoms with E-state index >= 15 is 0 Å². The van der Waals surface area contributed by atoms with Crippen molar-refractivity contribution in [1.29, 1.82) is 0 Å². The molecule has 0 spiro atoms. The van der Waals surface area contributed by atoms with E-state index in [1.165, 1.54) is 36.5 Å². The number of ketones is 1. The zero-order valence-corrected chi connectivity index (χ0v) is 17.7. The van der Waals surface area contributed by atoms with Crippen molar-refractivity contribution in [3.8, 4) is 11.6 Å². The minimum Gasteiger partial charge on any atom is -0.439 e. The van der Waals surface area contributed by atoms with Crippen molar-refractivity contribution >= 4 is 11.7 Å². The lowest BCUT2D eigenvalue weighted by Crippen LogP contribution is -2.34. The Hall–Kier alpha value is -3.81. The Labute approximate surface area is 183 Å². The molecule has 32 heavy (non-hydrogen) atoms. The van der Waals surface area contributed by atoms with Gasteiger partial charge in [-0.1, -0.05) is 13.8 Å². The zero-order chi connectivity index (χ0) is 22.9. The summed E-state index contributed by atoms with van der Waals surface area (Å²) < 4.78 is 18.6. The van der Waals surface area contributed by atoms with Crippen LogP contribution in [0.5, 0.6) is 11.6 Å². The van der Waals surface area contributed by atoms with Crippen molar-refractivity contribution in [2.45, 2.75) is 33.2 Å². The topological polar surface area (TPSA) is 101 Å². The quantitative estimate of drug-likeness (QED) is 0.635. The van der Waals surface area contributed by atoms with Gasteiger partial charge in [-0.15, -0.1) is 0 Å². The van der Waals surface area contributed by atoms with Crippen molar-refractivity contribution < 1.29 is 18.7 Å². The van der Waals surface area contributed by atoms with E-state index in [9.17, 15) is 18.8 Å². The van der Waals surface area contributed by atoms with Crippen LogP contribution in [0.4, 0.5) is 4.39 Å². The number of rotatable bonds is 5. The highest BCUT2D eigenvalue weighted by atomic mass is 19.1. The number of Topliss-reactive ketones (excluding diaryl/α,β-unsaturated/α-hetero) is 1. The molecule has 0 atom stereocenters. The van der Waals surface area contributed by atoms with Crippen LogP contribution >= 0.6 is 0 Å². The van der Waals surface area contributed by atoms with E-state index in [4.69, 9.17) is 4.74 Å². The molecule has 7 nitrogen and oxygen atoms in total. The number of aromatic amines is 1. The molecule has 1 aliphatic rings. The van der Waals surface area contributed by atoms with Gasteiger partial charge in [0.1, 0.15) is 17.1 Å². The van der Waals surface area contributed by atoms with Crippen LogP contribution in [0.15, 0.2) is 53.5 Å². The molecule has 8 heteroatoms. The third-order valence-corrected chi connectivity index (χ3v) is 5.25. The standard InChI is InChI=1S/C24H22FN3O4/c1-24(2)11-19-17(20(29)12-24)10-18(23(31)28-19)22(30)27-13-14-7-8-26-21(9-14)32-16-5-3-15(25)4-6-16/h3-10H,11-13H2,1-2H3,(H,27,30)(H,28,31). The zero-order valence-electron chi connectivity index (χ0n) is 17.7. The first-order chi connectivity index (χ1) is 15.2. The number of fused-ring (bicyclic) bond motifs is 1. The fourth-order valence-electron chi connectivity index (χ4n) is 3.71.